The highest BCUT2D eigenvalue weighted by Crippen LogP contribution is 2.41. The number of nitriles is 2. The van der Waals surface area contributed by atoms with Gasteiger partial charge in [-0.1, -0.05) is 121 Å². The van der Waals surface area contributed by atoms with Gasteiger partial charge in [-0.05, 0) is 70.8 Å². The lowest BCUT2D eigenvalue weighted by Gasteiger charge is -2.17. The summed E-state index contributed by atoms with van der Waals surface area (Å²) in [4.78, 5) is 5.22. The van der Waals surface area contributed by atoms with Gasteiger partial charge in [0.15, 0.2) is 0 Å². The Morgan fingerprint density at radius 1 is 0.407 bits per heavy atom. The van der Waals surface area contributed by atoms with Crippen LogP contribution >= 0.6 is 0 Å². The molecule has 3 heterocycles. The van der Waals surface area contributed by atoms with Gasteiger partial charge in [0, 0.05) is 32.7 Å². The standard InChI is InChI=1S/C49H29N5/c50-29-36-16-11-19-37(43(36)30-51)42-28-49(54-45-21-10-8-18-39(45)41-27-35(23-25-47(41)54)33-14-5-2-6-15-33)52-31-48(42)53-44-20-9-7-17-38(44)40-26-34(22-24-46(40)53)32-12-3-1-4-13-32/h1-28,31H. The molecule has 0 amide bonds. The number of aromatic nitrogens is 3. The van der Waals surface area contributed by atoms with E-state index >= 15 is 0 Å². The number of benzene rings is 7. The lowest BCUT2D eigenvalue weighted by atomic mass is 9.95. The molecule has 0 aliphatic heterocycles. The van der Waals surface area contributed by atoms with Gasteiger partial charge in [0.1, 0.15) is 18.0 Å². The first-order chi connectivity index (χ1) is 26.7. The molecule has 3 aromatic heterocycles. The van der Waals surface area contributed by atoms with Gasteiger partial charge in [0.2, 0.25) is 0 Å². The zero-order valence-electron chi connectivity index (χ0n) is 29.0. The van der Waals surface area contributed by atoms with Crippen molar-refractivity contribution in [3.63, 3.8) is 0 Å². The van der Waals surface area contributed by atoms with Crippen molar-refractivity contribution < 1.29 is 0 Å². The Kier molecular flexibility index (Phi) is 7.18. The minimum Gasteiger partial charge on any atom is -0.307 e. The fourth-order valence-corrected chi connectivity index (χ4v) is 8.02. The summed E-state index contributed by atoms with van der Waals surface area (Å²) in [5, 5.41) is 25.1. The van der Waals surface area contributed by atoms with Crippen LogP contribution in [0.2, 0.25) is 0 Å². The van der Waals surface area contributed by atoms with Gasteiger partial charge in [0.05, 0.1) is 45.1 Å². The smallest absolute Gasteiger partial charge is 0.138 e. The van der Waals surface area contributed by atoms with Crippen molar-refractivity contribution in [2.75, 3.05) is 0 Å². The number of pyridine rings is 1. The average molecular weight is 688 g/mol. The molecule has 0 bridgehead atoms. The average Bonchev–Trinajstić information content (AvgIpc) is 3.76. The quantitative estimate of drug-likeness (QED) is 0.181. The highest BCUT2D eigenvalue weighted by atomic mass is 15.1. The number of para-hydroxylation sites is 2. The molecule has 0 N–H and O–H groups in total. The summed E-state index contributed by atoms with van der Waals surface area (Å²) in [6.45, 7) is 0. The Balaban J connectivity index is 1.27. The first-order valence-electron chi connectivity index (χ1n) is 17.8. The molecule has 0 saturated carbocycles. The Labute approximate surface area is 311 Å². The lowest BCUT2D eigenvalue weighted by molar-refractivity contribution is 1.06. The van der Waals surface area contributed by atoms with Crippen molar-refractivity contribution in [3.05, 3.63) is 187 Å². The monoisotopic (exact) mass is 687 g/mol. The van der Waals surface area contributed by atoms with Gasteiger partial charge in [-0.2, -0.15) is 10.5 Å². The molecule has 0 spiro atoms. The van der Waals surface area contributed by atoms with Crippen LogP contribution in [-0.4, -0.2) is 14.1 Å². The van der Waals surface area contributed by atoms with Crippen LogP contribution in [0.1, 0.15) is 11.1 Å². The second-order valence-corrected chi connectivity index (χ2v) is 13.4. The van der Waals surface area contributed by atoms with Crippen LogP contribution in [0.3, 0.4) is 0 Å². The predicted molar refractivity (Wildman–Crippen MR) is 219 cm³/mol. The molecule has 0 atom stereocenters. The summed E-state index contributed by atoms with van der Waals surface area (Å²) in [5.74, 6) is 0.714. The fraction of sp³-hybridized carbons (Fsp3) is 0. The van der Waals surface area contributed by atoms with E-state index in [0.717, 1.165) is 77.1 Å². The molecule has 7 aromatic carbocycles. The van der Waals surface area contributed by atoms with Gasteiger partial charge >= 0.3 is 0 Å². The predicted octanol–water partition coefficient (Wildman–Crippen LogP) is 12.0. The number of rotatable bonds is 5. The van der Waals surface area contributed by atoms with E-state index in [1.54, 1.807) is 6.07 Å². The minimum absolute atomic E-state index is 0.333. The van der Waals surface area contributed by atoms with E-state index in [4.69, 9.17) is 4.98 Å². The second-order valence-electron chi connectivity index (χ2n) is 13.4. The normalized spacial score (nSPS) is 11.3. The third kappa shape index (κ3) is 4.81. The molecule has 250 valence electrons. The maximum atomic E-state index is 10.5. The molecule has 0 saturated heterocycles. The van der Waals surface area contributed by atoms with Gasteiger partial charge < -0.3 is 4.57 Å². The third-order valence-electron chi connectivity index (χ3n) is 10.5. The molecule has 0 aliphatic rings. The van der Waals surface area contributed by atoms with E-state index < -0.39 is 0 Å². The van der Waals surface area contributed by atoms with Crippen LogP contribution in [0.4, 0.5) is 0 Å². The Morgan fingerprint density at radius 2 is 0.944 bits per heavy atom. The first-order valence-corrected chi connectivity index (χ1v) is 17.8. The van der Waals surface area contributed by atoms with Crippen molar-refractivity contribution >= 4 is 43.6 Å². The zero-order valence-corrected chi connectivity index (χ0v) is 29.0. The summed E-state index contributed by atoms with van der Waals surface area (Å²) in [6.07, 6.45) is 1.92. The SMILES string of the molecule is N#Cc1cccc(-c2cc(-n3c4ccccc4c4cc(-c5ccccc5)ccc43)ncc2-n2c3ccccc3c3cc(-c4ccccc4)ccc32)c1C#N. The van der Waals surface area contributed by atoms with Crippen LogP contribution in [0.5, 0.6) is 0 Å². The van der Waals surface area contributed by atoms with E-state index in [-0.39, 0.29) is 0 Å². The molecule has 10 aromatic rings. The summed E-state index contributed by atoms with van der Waals surface area (Å²) in [6, 6.07) is 63.0. The summed E-state index contributed by atoms with van der Waals surface area (Å²) >= 11 is 0. The van der Waals surface area contributed by atoms with Crippen molar-refractivity contribution in [3.8, 4) is 57.0 Å². The molecular weight excluding hydrogens is 659 g/mol. The number of hydrogen-bond acceptors (Lipinski definition) is 3. The van der Waals surface area contributed by atoms with Crippen molar-refractivity contribution in [1.29, 1.82) is 10.5 Å². The van der Waals surface area contributed by atoms with Gasteiger partial charge in [-0.15, -0.1) is 0 Å². The largest absolute Gasteiger partial charge is 0.307 e. The fourth-order valence-electron chi connectivity index (χ4n) is 8.02. The second kappa shape index (κ2) is 12.5. The highest BCUT2D eigenvalue weighted by Gasteiger charge is 2.22. The molecule has 0 radical (unpaired) electrons. The summed E-state index contributed by atoms with van der Waals surface area (Å²) in [7, 11) is 0. The molecule has 5 nitrogen and oxygen atoms in total. The molecule has 0 aliphatic carbocycles. The maximum Gasteiger partial charge on any atom is 0.138 e. The van der Waals surface area contributed by atoms with Crippen LogP contribution < -0.4 is 0 Å². The van der Waals surface area contributed by atoms with Gasteiger partial charge in [-0.25, -0.2) is 4.98 Å². The number of fused-ring (bicyclic) bond motifs is 6. The molecule has 54 heavy (non-hydrogen) atoms. The van der Waals surface area contributed by atoms with Crippen LogP contribution in [0, 0.1) is 22.7 Å². The van der Waals surface area contributed by atoms with Crippen molar-refractivity contribution in [1.82, 2.24) is 14.1 Å². The Bertz CT molecular complexity index is 3170. The minimum atomic E-state index is 0.333. The molecule has 0 unspecified atom stereocenters. The van der Waals surface area contributed by atoms with Crippen LogP contribution in [0.25, 0.3) is 88.5 Å². The molecule has 5 heteroatoms. The van der Waals surface area contributed by atoms with Crippen LogP contribution in [0.15, 0.2) is 176 Å². The summed E-state index contributed by atoms with van der Waals surface area (Å²) in [5.41, 5.74) is 11.6. The van der Waals surface area contributed by atoms with E-state index in [0.29, 0.717) is 22.5 Å². The maximum absolute atomic E-state index is 10.5. The van der Waals surface area contributed by atoms with E-state index in [1.165, 1.54) is 0 Å². The van der Waals surface area contributed by atoms with E-state index in [9.17, 15) is 10.5 Å². The Morgan fingerprint density at radius 3 is 1.54 bits per heavy atom. The zero-order chi connectivity index (χ0) is 36.2. The topological polar surface area (TPSA) is 70.3 Å². The van der Waals surface area contributed by atoms with E-state index in [2.05, 4.69) is 161 Å². The molecular formula is C49H29N5. The number of nitrogens with zero attached hydrogens (tertiary/aromatic N) is 5. The van der Waals surface area contributed by atoms with Gasteiger partial charge in [0.25, 0.3) is 0 Å². The highest BCUT2D eigenvalue weighted by molar-refractivity contribution is 6.12. The molecule has 10 rings (SSSR count). The summed E-state index contributed by atoms with van der Waals surface area (Å²) < 4.78 is 4.44. The van der Waals surface area contributed by atoms with Crippen molar-refractivity contribution in [2.45, 2.75) is 0 Å². The first kappa shape index (κ1) is 31.0. The lowest BCUT2D eigenvalue weighted by Crippen LogP contribution is -2.04. The van der Waals surface area contributed by atoms with Crippen molar-refractivity contribution in [2.24, 2.45) is 0 Å². The van der Waals surface area contributed by atoms with Crippen LogP contribution in [-0.2, 0) is 0 Å². The van der Waals surface area contributed by atoms with E-state index in [1.807, 2.05) is 30.5 Å². The number of hydrogen-bond donors (Lipinski definition) is 0. The molecule has 0 fully saturated rings. The van der Waals surface area contributed by atoms with Gasteiger partial charge in [-0.3, -0.25) is 4.57 Å². The third-order valence-corrected chi connectivity index (χ3v) is 10.5. The Hall–Kier alpha value is -7.73.